The molecule has 0 atom stereocenters. The number of hydrogen-bond donors (Lipinski definition) is 1. The van der Waals surface area contributed by atoms with Crippen LogP contribution in [0.5, 0.6) is 5.75 Å². The molecule has 1 fully saturated rings. The van der Waals surface area contributed by atoms with E-state index in [9.17, 15) is 9.59 Å². The van der Waals surface area contributed by atoms with E-state index in [4.69, 9.17) is 14.2 Å². The van der Waals surface area contributed by atoms with Crippen LogP contribution in [0.1, 0.15) is 35.7 Å². The van der Waals surface area contributed by atoms with Crippen LogP contribution < -0.4 is 15.0 Å². The molecule has 1 aliphatic rings. The summed E-state index contributed by atoms with van der Waals surface area (Å²) in [5.41, 5.74) is 2.91. The highest BCUT2D eigenvalue weighted by Gasteiger charge is 2.15. The summed E-state index contributed by atoms with van der Waals surface area (Å²) < 4.78 is 15.8. The number of ether oxygens (including phenoxy) is 3. The fraction of sp³-hybridized carbons (Fsp3) is 0.391. The molecular formula is C23H28N2O5. The van der Waals surface area contributed by atoms with Gasteiger partial charge in [-0.1, -0.05) is 0 Å². The molecule has 1 saturated heterocycles. The first-order chi connectivity index (χ1) is 14.6. The quantitative estimate of drug-likeness (QED) is 0.634. The molecule has 1 amide bonds. The Balaban J connectivity index is 1.52. The zero-order chi connectivity index (χ0) is 21.3. The summed E-state index contributed by atoms with van der Waals surface area (Å²) in [6, 6.07) is 12.6. The molecule has 0 radical (unpaired) electrons. The first-order valence-corrected chi connectivity index (χ1v) is 10.2. The number of carbonyl (C=O) groups excluding carboxylic acids is 2. The molecule has 2 aromatic rings. The van der Waals surface area contributed by atoms with E-state index in [1.807, 2.05) is 31.2 Å². The fourth-order valence-electron chi connectivity index (χ4n) is 3.37. The lowest BCUT2D eigenvalue weighted by molar-refractivity contribution is -0.119. The molecule has 2 aromatic carbocycles. The third kappa shape index (κ3) is 5.73. The minimum atomic E-state index is -0.574. The molecular weight excluding hydrogens is 384 g/mol. The molecule has 7 nitrogen and oxygen atoms in total. The van der Waals surface area contributed by atoms with E-state index < -0.39 is 5.97 Å². The maximum atomic E-state index is 12.3. The van der Waals surface area contributed by atoms with Crippen LogP contribution in [0, 0.1) is 0 Å². The molecule has 0 spiro atoms. The van der Waals surface area contributed by atoms with Crippen LogP contribution in [0.4, 0.5) is 11.4 Å². The van der Waals surface area contributed by atoms with Crippen molar-refractivity contribution in [2.45, 2.75) is 26.4 Å². The maximum absolute atomic E-state index is 12.3. The molecule has 0 aromatic heterocycles. The molecule has 0 bridgehead atoms. The van der Waals surface area contributed by atoms with Crippen molar-refractivity contribution in [3.8, 4) is 5.75 Å². The molecule has 1 N–H and O–H groups in total. The highest BCUT2D eigenvalue weighted by atomic mass is 16.5. The molecule has 30 heavy (non-hydrogen) atoms. The Morgan fingerprint density at radius 3 is 2.47 bits per heavy atom. The number of hydrogen-bond acceptors (Lipinski definition) is 6. The van der Waals surface area contributed by atoms with E-state index in [1.54, 1.807) is 25.3 Å². The number of rotatable bonds is 9. The topological polar surface area (TPSA) is 77.1 Å². The Morgan fingerprint density at radius 2 is 1.80 bits per heavy atom. The van der Waals surface area contributed by atoms with Gasteiger partial charge in [0.1, 0.15) is 5.75 Å². The second-order valence-electron chi connectivity index (χ2n) is 7.03. The van der Waals surface area contributed by atoms with Crippen molar-refractivity contribution in [1.29, 1.82) is 0 Å². The molecule has 7 heteroatoms. The van der Waals surface area contributed by atoms with Crippen LogP contribution in [0.25, 0.3) is 0 Å². The molecule has 0 unspecified atom stereocenters. The van der Waals surface area contributed by atoms with Gasteiger partial charge in [-0.25, -0.2) is 4.79 Å². The number of amides is 1. The Kier molecular flexibility index (Phi) is 7.68. The van der Waals surface area contributed by atoms with Gasteiger partial charge in [-0.05, 0) is 62.2 Å². The number of benzene rings is 2. The highest BCUT2D eigenvalue weighted by molar-refractivity contribution is 5.95. The van der Waals surface area contributed by atoms with Crippen LogP contribution >= 0.6 is 0 Å². The fourth-order valence-corrected chi connectivity index (χ4v) is 3.37. The first kappa shape index (κ1) is 21.6. The van der Waals surface area contributed by atoms with Gasteiger partial charge in [0, 0.05) is 36.6 Å². The number of anilines is 2. The van der Waals surface area contributed by atoms with Gasteiger partial charge >= 0.3 is 5.97 Å². The van der Waals surface area contributed by atoms with Crippen molar-refractivity contribution in [2.24, 2.45) is 0 Å². The number of methoxy groups -OCH3 is 1. The van der Waals surface area contributed by atoms with E-state index in [2.05, 4.69) is 10.2 Å². The normalized spacial score (nSPS) is 13.2. The van der Waals surface area contributed by atoms with Crippen molar-refractivity contribution >= 4 is 23.3 Å². The summed E-state index contributed by atoms with van der Waals surface area (Å²) in [4.78, 5) is 26.8. The highest BCUT2D eigenvalue weighted by Crippen LogP contribution is 2.23. The van der Waals surface area contributed by atoms with E-state index in [-0.39, 0.29) is 12.5 Å². The second kappa shape index (κ2) is 10.6. The molecule has 1 heterocycles. The van der Waals surface area contributed by atoms with Crippen LogP contribution in [0.15, 0.2) is 42.5 Å². The smallest absolute Gasteiger partial charge is 0.338 e. The van der Waals surface area contributed by atoms with Gasteiger partial charge < -0.3 is 24.4 Å². The minimum Gasteiger partial charge on any atom is -0.496 e. The standard InChI is InChI=1S/C23H28N2O5/c1-3-29-15-18-14-17(6-11-21(18)28-2)23(27)30-16-22(26)24-19-7-9-20(10-8-19)25-12-4-5-13-25/h6-11,14H,3-5,12-13,15-16H2,1-2H3,(H,24,26). The van der Waals surface area contributed by atoms with E-state index in [1.165, 1.54) is 12.8 Å². The Labute approximate surface area is 176 Å². The number of nitrogens with zero attached hydrogens (tertiary/aromatic N) is 1. The largest absolute Gasteiger partial charge is 0.496 e. The first-order valence-electron chi connectivity index (χ1n) is 10.2. The zero-order valence-electron chi connectivity index (χ0n) is 17.5. The van der Waals surface area contributed by atoms with E-state index in [0.717, 1.165) is 24.3 Å². The molecule has 0 aliphatic carbocycles. The average molecular weight is 412 g/mol. The van der Waals surface area contributed by atoms with E-state index in [0.29, 0.717) is 30.2 Å². The summed E-state index contributed by atoms with van der Waals surface area (Å²) in [5, 5.41) is 2.75. The maximum Gasteiger partial charge on any atom is 0.338 e. The number of esters is 1. The summed E-state index contributed by atoms with van der Waals surface area (Å²) >= 11 is 0. The van der Waals surface area contributed by atoms with Gasteiger partial charge in [-0.2, -0.15) is 0 Å². The number of nitrogens with one attached hydrogen (secondary N) is 1. The van der Waals surface area contributed by atoms with Gasteiger partial charge in [0.25, 0.3) is 5.91 Å². The van der Waals surface area contributed by atoms with Crippen molar-refractivity contribution in [3.05, 3.63) is 53.6 Å². The van der Waals surface area contributed by atoms with Crippen LogP contribution in [-0.4, -0.2) is 45.3 Å². The lowest BCUT2D eigenvalue weighted by Gasteiger charge is -2.17. The van der Waals surface area contributed by atoms with Crippen molar-refractivity contribution < 1.29 is 23.8 Å². The molecule has 1 aliphatic heterocycles. The van der Waals surface area contributed by atoms with Gasteiger partial charge in [0.05, 0.1) is 19.3 Å². The summed E-state index contributed by atoms with van der Waals surface area (Å²) in [7, 11) is 1.56. The van der Waals surface area contributed by atoms with Crippen LogP contribution in [-0.2, 0) is 20.9 Å². The molecule has 160 valence electrons. The van der Waals surface area contributed by atoms with Crippen LogP contribution in [0.2, 0.25) is 0 Å². The lowest BCUT2D eigenvalue weighted by Crippen LogP contribution is -2.21. The van der Waals surface area contributed by atoms with Crippen molar-refractivity contribution in [2.75, 3.05) is 43.6 Å². The number of carbonyl (C=O) groups is 2. The average Bonchev–Trinajstić information content (AvgIpc) is 3.31. The van der Waals surface area contributed by atoms with Gasteiger partial charge in [-0.15, -0.1) is 0 Å². The molecule has 3 rings (SSSR count). The summed E-state index contributed by atoms with van der Waals surface area (Å²) in [5.74, 6) is -0.328. The Bertz CT molecular complexity index is 860. The SMILES string of the molecule is CCOCc1cc(C(=O)OCC(=O)Nc2ccc(N3CCCC3)cc2)ccc1OC. The van der Waals surface area contributed by atoms with Crippen LogP contribution in [0.3, 0.4) is 0 Å². The predicted molar refractivity (Wildman–Crippen MR) is 115 cm³/mol. The van der Waals surface area contributed by atoms with Crippen molar-refractivity contribution in [3.63, 3.8) is 0 Å². The van der Waals surface area contributed by atoms with Gasteiger partial charge in [-0.3, -0.25) is 4.79 Å². The van der Waals surface area contributed by atoms with Crippen molar-refractivity contribution in [1.82, 2.24) is 0 Å². The summed E-state index contributed by atoms with van der Waals surface area (Å²) in [6.07, 6.45) is 2.43. The third-order valence-electron chi connectivity index (χ3n) is 4.93. The summed E-state index contributed by atoms with van der Waals surface area (Å²) in [6.45, 7) is 4.55. The van der Waals surface area contributed by atoms with Gasteiger partial charge in [0.2, 0.25) is 0 Å². The second-order valence-corrected chi connectivity index (χ2v) is 7.03. The monoisotopic (exact) mass is 412 g/mol. The predicted octanol–water partition coefficient (Wildman–Crippen LogP) is 3.63. The van der Waals surface area contributed by atoms with E-state index >= 15 is 0 Å². The minimum absolute atomic E-state index is 0.328. The molecule has 0 saturated carbocycles. The third-order valence-corrected chi connectivity index (χ3v) is 4.93. The Hall–Kier alpha value is -3.06. The lowest BCUT2D eigenvalue weighted by atomic mass is 10.1. The zero-order valence-corrected chi connectivity index (χ0v) is 17.5. The Morgan fingerprint density at radius 1 is 1.07 bits per heavy atom. The van der Waals surface area contributed by atoms with Gasteiger partial charge in [0.15, 0.2) is 6.61 Å².